The van der Waals surface area contributed by atoms with Gasteiger partial charge in [0.2, 0.25) is 5.43 Å². The number of carbonyl (C=O) groups excluding carboxylic acids is 1. The van der Waals surface area contributed by atoms with Gasteiger partial charge in [-0.3, -0.25) is 9.59 Å². The lowest BCUT2D eigenvalue weighted by atomic mass is 10.1. The van der Waals surface area contributed by atoms with Crippen LogP contribution in [0.25, 0.3) is 10.9 Å². The number of rotatable bonds is 4. The zero-order valence-corrected chi connectivity index (χ0v) is 14.7. The molecule has 1 saturated heterocycles. The van der Waals surface area contributed by atoms with Gasteiger partial charge < -0.3 is 14.6 Å². The zero-order chi connectivity index (χ0) is 18.7. The fourth-order valence-electron chi connectivity index (χ4n) is 3.30. The Balaban J connectivity index is 1.84. The standard InChI is InChI=1S/C19H22F2N2O3/c1-2-8-26-13-4-3-6-23(7-5-13)19(25)15-11-22-17-14(18(15)24)9-12(20)10-16(17)21/h9-11,13H,2-8H2,1H3,(H,22,24)/t13-/m0/s1. The van der Waals surface area contributed by atoms with Crippen molar-refractivity contribution < 1.29 is 18.3 Å². The molecule has 0 saturated carbocycles. The van der Waals surface area contributed by atoms with Gasteiger partial charge in [0.15, 0.2) is 0 Å². The number of hydrogen-bond acceptors (Lipinski definition) is 3. The van der Waals surface area contributed by atoms with E-state index in [1.807, 2.05) is 6.92 Å². The van der Waals surface area contributed by atoms with Crippen LogP contribution in [0, 0.1) is 11.6 Å². The molecule has 1 amide bonds. The smallest absolute Gasteiger partial charge is 0.259 e. The van der Waals surface area contributed by atoms with Crippen molar-refractivity contribution >= 4 is 16.8 Å². The van der Waals surface area contributed by atoms with Crippen LogP contribution >= 0.6 is 0 Å². The molecule has 0 bridgehead atoms. The first-order chi connectivity index (χ1) is 12.5. The first kappa shape index (κ1) is 18.5. The number of aromatic nitrogens is 1. The summed E-state index contributed by atoms with van der Waals surface area (Å²) in [6.07, 6.45) is 4.64. The van der Waals surface area contributed by atoms with Crippen LogP contribution in [0.2, 0.25) is 0 Å². The zero-order valence-electron chi connectivity index (χ0n) is 14.7. The quantitative estimate of drug-likeness (QED) is 0.906. The number of likely N-dealkylation sites (tertiary alicyclic amines) is 1. The molecule has 0 aliphatic carbocycles. The van der Waals surface area contributed by atoms with E-state index in [1.54, 1.807) is 4.90 Å². The monoisotopic (exact) mass is 364 g/mol. The van der Waals surface area contributed by atoms with Crippen LogP contribution in [-0.2, 0) is 4.74 Å². The lowest BCUT2D eigenvalue weighted by Crippen LogP contribution is -2.35. The lowest BCUT2D eigenvalue weighted by molar-refractivity contribution is 0.0432. The van der Waals surface area contributed by atoms with Gasteiger partial charge in [-0.1, -0.05) is 6.92 Å². The normalized spacial score (nSPS) is 18.1. The van der Waals surface area contributed by atoms with Crippen LogP contribution in [-0.4, -0.2) is 41.6 Å². The van der Waals surface area contributed by atoms with Gasteiger partial charge in [-0.25, -0.2) is 8.78 Å². The first-order valence-corrected chi connectivity index (χ1v) is 8.92. The molecule has 1 fully saturated rings. The second kappa shape index (κ2) is 7.95. The Hall–Kier alpha value is -2.28. The Morgan fingerprint density at radius 3 is 2.88 bits per heavy atom. The van der Waals surface area contributed by atoms with E-state index >= 15 is 0 Å². The molecule has 5 nitrogen and oxygen atoms in total. The van der Waals surface area contributed by atoms with Crippen molar-refractivity contribution in [2.75, 3.05) is 19.7 Å². The van der Waals surface area contributed by atoms with Crippen molar-refractivity contribution in [3.05, 3.63) is 45.8 Å². The Morgan fingerprint density at radius 1 is 1.31 bits per heavy atom. The molecular formula is C19H22F2N2O3. The SMILES string of the molecule is CCCO[C@H]1CCCN(C(=O)c2c[nH]c3c(F)cc(F)cc3c2=O)CC1. The van der Waals surface area contributed by atoms with Crippen LogP contribution in [0.3, 0.4) is 0 Å². The van der Waals surface area contributed by atoms with Crippen molar-refractivity contribution in [3.63, 3.8) is 0 Å². The molecular weight excluding hydrogens is 342 g/mol. The summed E-state index contributed by atoms with van der Waals surface area (Å²) in [6, 6.07) is 1.65. The maximum absolute atomic E-state index is 13.8. The highest BCUT2D eigenvalue weighted by molar-refractivity contribution is 5.97. The summed E-state index contributed by atoms with van der Waals surface area (Å²) in [7, 11) is 0. The van der Waals surface area contributed by atoms with E-state index in [-0.39, 0.29) is 22.6 Å². The summed E-state index contributed by atoms with van der Waals surface area (Å²) in [4.78, 5) is 29.6. The van der Waals surface area contributed by atoms with E-state index in [1.165, 1.54) is 6.20 Å². The third-order valence-electron chi connectivity index (χ3n) is 4.66. The number of benzene rings is 1. The lowest BCUT2D eigenvalue weighted by Gasteiger charge is -2.20. The molecule has 1 atom stereocenters. The molecule has 1 aliphatic heterocycles. The molecule has 2 aromatic rings. The second-order valence-electron chi connectivity index (χ2n) is 6.56. The van der Waals surface area contributed by atoms with Crippen molar-refractivity contribution in [2.45, 2.75) is 38.7 Å². The average molecular weight is 364 g/mol. The topological polar surface area (TPSA) is 62.4 Å². The van der Waals surface area contributed by atoms with Crippen LogP contribution in [0.5, 0.6) is 0 Å². The molecule has 2 heterocycles. The van der Waals surface area contributed by atoms with E-state index in [2.05, 4.69) is 4.98 Å². The minimum atomic E-state index is -0.859. The van der Waals surface area contributed by atoms with Crippen molar-refractivity contribution in [1.82, 2.24) is 9.88 Å². The highest BCUT2D eigenvalue weighted by Gasteiger charge is 2.24. The molecule has 1 aromatic carbocycles. The number of nitrogens with zero attached hydrogens (tertiary/aromatic N) is 1. The number of amides is 1. The summed E-state index contributed by atoms with van der Waals surface area (Å²) in [5, 5.41) is -0.160. The third-order valence-corrected chi connectivity index (χ3v) is 4.66. The second-order valence-corrected chi connectivity index (χ2v) is 6.56. The molecule has 0 unspecified atom stereocenters. The Bertz CT molecular complexity index is 866. The van der Waals surface area contributed by atoms with E-state index < -0.39 is 23.0 Å². The van der Waals surface area contributed by atoms with Crippen LogP contribution < -0.4 is 5.43 Å². The molecule has 1 aromatic heterocycles. The van der Waals surface area contributed by atoms with Crippen molar-refractivity contribution in [1.29, 1.82) is 0 Å². The first-order valence-electron chi connectivity index (χ1n) is 8.92. The summed E-state index contributed by atoms with van der Waals surface area (Å²) in [6.45, 7) is 3.76. The molecule has 26 heavy (non-hydrogen) atoms. The molecule has 0 spiro atoms. The summed E-state index contributed by atoms with van der Waals surface area (Å²) in [5.41, 5.74) is -0.863. The average Bonchev–Trinajstić information content (AvgIpc) is 2.86. The summed E-state index contributed by atoms with van der Waals surface area (Å²) in [5.74, 6) is -2.13. The van der Waals surface area contributed by atoms with Gasteiger partial charge in [-0.15, -0.1) is 0 Å². The number of aromatic amines is 1. The summed E-state index contributed by atoms with van der Waals surface area (Å²) >= 11 is 0. The van der Waals surface area contributed by atoms with Gasteiger partial charge in [-0.05, 0) is 31.7 Å². The number of ether oxygens (including phenoxy) is 1. The minimum Gasteiger partial charge on any atom is -0.378 e. The molecule has 140 valence electrons. The Labute approximate surface area is 150 Å². The fraction of sp³-hybridized carbons (Fsp3) is 0.474. The molecule has 3 rings (SSSR count). The highest BCUT2D eigenvalue weighted by atomic mass is 19.1. The summed E-state index contributed by atoms with van der Waals surface area (Å²) < 4.78 is 33.0. The van der Waals surface area contributed by atoms with Gasteiger partial charge in [0.25, 0.3) is 5.91 Å². The van der Waals surface area contributed by atoms with Crippen molar-refractivity contribution in [2.24, 2.45) is 0 Å². The number of nitrogens with one attached hydrogen (secondary N) is 1. The number of fused-ring (bicyclic) bond motifs is 1. The van der Waals surface area contributed by atoms with Gasteiger partial charge in [0.1, 0.15) is 17.2 Å². The largest absolute Gasteiger partial charge is 0.378 e. The number of carbonyl (C=O) groups is 1. The molecule has 1 N–H and O–H groups in total. The number of halogens is 2. The molecule has 7 heteroatoms. The van der Waals surface area contributed by atoms with Crippen LogP contribution in [0.4, 0.5) is 8.78 Å². The number of hydrogen-bond donors (Lipinski definition) is 1. The number of pyridine rings is 1. The van der Waals surface area contributed by atoms with Gasteiger partial charge >= 0.3 is 0 Å². The van der Waals surface area contributed by atoms with E-state index in [9.17, 15) is 18.4 Å². The predicted octanol–water partition coefficient (Wildman–Crippen LogP) is 3.23. The van der Waals surface area contributed by atoms with E-state index in [0.717, 1.165) is 25.3 Å². The van der Waals surface area contributed by atoms with Gasteiger partial charge in [0.05, 0.1) is 17.0 Å². The predicted molar refractivity (Wildman–Crippen MR) is 94.3 cm³/mol. The Morgan fingerprint density at radius 2 is 2.12 bits per heavy atom. The van der Waals surface area contributed by atoms with E-state index in [4.69, 9.17) is 4.74 Å². The third kappa shape index (κ3) is 3.77. The fourth-order valence-corrected chi connectivity index (χ4v) is 3.30. The maximum atomic E-state index is 13.8. The maximum Gasteiger partial charge on any atom is 0.259 e. The number of H-pyrrole nitrogens is 1. The minimum absolute atomic E-state index is 0.100. The molecule has 0 radical (unpaired) electrons. The van der Waals surface area contributed by atoms with Crippen molar-refractivity contribution in [3.8, 4) is 0 Å². The highest BCUT2D eigenvalue weighted by Crippen LogP contribution is 2.18. The van der Waals surface area contributed by atoms with Gasteiger partial charge in [0, 0.05) is 32.0 Å². The molecule has 1 aliphatic rings. The van der Waals surface area contributed by atoms with E-state index in [0.29, 0.717) is 32.2 Å². The van der Waals surface area contributed by atoms with Crippen LogP contribution in [0.15, 0.2) is 23.1 Å². The Kier molecular flexibility index (Phi) is 5.66. The van der Waals surface area contributed by atoms with Crippen LogP contribution in [0.1, 0.15) is 43.0 Å². The van der Waals surface area contributed by atoms with Gasteiger partial charge in [-0.2, -0.15) is 0 Å².